The number of hydrogen-bond donors (Lipinski definition) is 3. The molecule has 0 radical (unpaired) electrons. The molecule has 1 saturated carbocycles. The van der Waals surface area contributed by atoms with Crippen molar-refractivity contribution in [2.75, 3.05) is 13.2 Å². The van der Waals surface area contributed by atoms with Crippen molar-refractivity contribution >= 4 is 11.0 Å². The quantitative estimate of drug-likeness (QED) is 0.729. The Morgan fingerprint density at radius 1 is 1.47 bits per heavy atom. The number of hydrogen-bond acceptors (Lipinski definition) is 3. The molecule has 2 aromatic heterocycles. The van der Waals surface area contributed by atoms with Gasteiger partial charge in [0.2, 0.25) is 0 Å². The summed E-state index contributed by atoms with van der Waals surface area (Å²) in [6, 6.07) is 4.03. The predicted molar refractivity (Wildman–Crippen MR) is 66.6 cm³/mol. The molecule has 3 N–H and O–H groups in total. The largest absolute Gasteiger partial charge is 0.396 e. The molecule has 17 heavy (non-hydrogen) atoms. The van der Waals surface area contributed by atoms with Crippen molar-refractivity contribution in [3.05, 3.63) is 30.1 Å². The number of nitrogens with zero attached hydrogens (tertiary/aromatic N) is 1. The minimum atomic E-state index is 0.171. The standard InChI is InChI=1S/C13H17N3O/c17-9-13(3-4-13)8-14-6-10-7-16-12-11(10)2-1-5-15-12/h1-2,5,7,14,17H,3-4,6,8-9H2,(H,15,16). The number of aliphatic hydroxyl groups is 1. The highest BCUT2D eigenvalue weighted by molar-refractivity contribution is 5.79. The third-order valence-corrected chi connectivity index (χ3v) is 3.64. The van der Waals surface area contributed by atoms with Crippen LogP contribution < -0.4 is 5.32 Å². The Morgan fingerprint density at radius 2 is 2.35 bits per heavy atom. The first-order chi connectivity index (χ1) is 8.33. The fraction of sp³-hybridized carbons (Fsp3) is 0.462. The lowest BCUT2D eigenvalue weighted by Gasteiger charge is -2.12. The summed E-state index contributed by atoms with van der Waals surface area (Å²) < 4.78 is 0. The van der Waals surface area contributed by atoms with Crippen LogP contribution in [-0.4, -0.2) is 28.2 Å². The van der Waals surface area contributed by atoms with E-state index in [1.807, 2.05) is 12.3 Å². The molecule has 1 aliphatic rings. The Balaban J connectivity index is 1.65. The van der Waals surface area contributed by atoms with Crippen molar-refractivity contribution in [1.29, 1.82) is 0 Å². The Kier molecular flexibility index (Phi) is 2.61. The predicted octanol–water partition coefficient (Wildman–Crippen LogP) is 1.42. The van der Waals surface area contributed by atoms with E-state index < -0.39 is 0 Å². The van der Waals surface area contributed by atoms with Crippen LogP contribution in [0.1, 0.15) is 18.4 Å². The van der Waals surface area contributed by atoms with Crippen molar-refractivity contribution in [2.24, 2.45) is 5.41 Å². The molecule has 4 nitrogen and oxygen atoms in total. The second-order valence-electron chi connectivity index (χ2n) is 4.98. The molecule has 0 saturated heterocycles. The van der Waals surface area contributed by atoms with Crippen LogP contribution >= 0.6 is 0 Å². The summed E-state index contributed by atoms with van der Waals surface area (Å²) in [6.07, 6.45) is 6.09. The maximum atomic E-state index is 9.23. The summed E-state index contributed by atoms with van der Waals surface area (Å²) in [5.41, 5.74) is 2.35. The maximum Gasteiger partial charge on any atom is 0.137 e. The van der Waals surface area contributed by atoms with Gasteiger partial charge in [-0.2, -0.15) is 0 Å². The van der Waals surface area contributed by atoms with Crippen molar-refractivity contribution < 1.29 is 5.11 Å². The second kappa shape index (κ2) is 4.13. The summed E-state index contributed by atoms with van der Waals surface area (Å²) in [7, 11) is 0. The van der Waals surface area contributed by atoms with E-state index >= 15 is 0 Å². The number of fused-ring (bicyclic) bond motifs is 1. The fourth-order valence-corrected chi connectivity index (χ4v) is 2.19. The van der Waals surface area contributed by atoms with E-state index in [1.165, 1.54) is 10.9 Å². The highest BCUT2D eigenvalue weighted by Gasteiger charge is 2.41. The molecule has 0 spiro atoms. The van der Waals surface area contributed by atoms with Crippen LogP contribution in [0.3, 0.4) is 0 Å². The van der Waals surface area contributed by atoms with Gasteiger partial charge in [-0.05, 0) is 30.5 Å². The molecule has 2 heterocycles. The van der Waals surface area contributed by atoms with Crippen LogP contribution in [0, 0.1) is 5.41 Å². The molecular weight excluding hydrogens is 214 g/mol. The van der Waals surface area contributed by atoms with Gasteiger partial charge in [0.15, 0.2) is 0 Å². The highest BCUT2D eigenvalue weighted by Crippen LogP contribution is 2.44. The summed E-state index contributed by atoms with van der Waals surface area (Å²) >= 11 is 0. The summed E-state index contributed by atoms with van der Waals surface area (Å²) in [6.45, 7) is 2.03. The van der Waals surface area contributed by atoms with Gasteiger partial charge in [0, 0.05) is 42.9 Å². The zero-order chi connectivity index (χ0) is 11.7. The monoisotopic (exact) mass is 231 g/mol. The van der Waals surface area contributed by atoms with Gasteiger partial charge < -0.3 is 15.4 Å². The van der Waals surface area contributed by atoms with Crippen molar-refractivity contribution in [1.82, 2.24) is 15.3 Å². The summed E-state index contributed by atoms with van der Waals surface area (Å²) in [4.78, 5) is 7.43. The molecule has 0 atom stereocenters. The van der Waals surface area contributed by atoms with Crippen molar-refractivity contribution in [3.63, 3.8) is 0 Å². The number of aromatic nitrogens is 2. The summed E-state index contributed by atoms with van der Waals surface area (Å²) in [5, 5.41) is 13.8. The molecule has 0 bridgehead atoms. The molecule has 90 valence electrons. The molecule has 0 unspecified atom stereocenters. The van der Waals surface area contributed by atoms with Gasteiger partial charge in [0.05, 0.1) is 0 Å². The first kappa shape index (κ1) is 10.7. The average molecular weight is 231 g/mol. The van der Waals surface area contributed by atoms with Crippen LogP contribution in [0.5, 0.6) is 0 Å². The zero-order valence-electron chi connectivity index (χ0n) is 9.74. The summed E-state index contributed by atoms with van der Waals surface area (Å²) in [5.74, 6) is 0. The number of H-pyrrole nitrogens is 1. The number of pyridine rings is 1. The molecule has 1 fully saturated rings. The van der Waals surface area contributed by atoms with E-state index in [9.17, 15) is 5.11 Å². The molecule has 2 aromatic rings. The van der Waals surface area contributed by atoms with E-state index in [2.05, 4.69) is 21.4 Å². The van der Waals surface area contributed by atoms with E-state index in [1.54, 1.807) is 6.20 Å². The minimum absolute atomic E-state index is 0.171. The van der Waals surface area contributed by atoms with Gasteiger partial charge >= 0.3 is 0 Å². The van der Waals surface area contributed by atoms with Gasteiger partial charge in [0.1, 0.15) is 5.65 Å². The lowest BCUT2D eigenvalue weighted by molar-refractivity contribution is 0.207. The number of rotatable bonds is 5. The maximum absolute atomic E-state index is 9.23. The lowest BCUT2D eigenvalue weighted by Crippen LogP contribution is -2.25. The van der Waals surface area contributed by atoms with Gasteiger partial charge in [-0.15, -0.1) is 0 Å². The van der Waals surface area contributed by atoms with E-state index in [4.69, 9.17) is 0 Å². The third kappa shape index (κ3) is 2.06. The Labute approximate surface area is 100 Å². The highest BCUT2D eigenvalue weighted by atomic mass is 16.3. The third-order valence-electron chi connectivity index (χ3n) is 3.64. The second-order valence-corrected chi connectivity index (χ2v) is 4.98. The van der Waals surface area contributed by atoms with Crippen LogP contribution in [0.25, 0.3) is 11.0 Å². The van der Waals surface area contributed by atoms with E-state index in [-0.39, 0.29) is 5.41 Å². The van der Waals surface area contributed by atoms with Crippen molar-refractivity contribution in [3.8, 4) is 0 Å². The van der Waals surface area contributed by atoms with Gasteiger partial charge in [-0.1, -0.05) is 0 Å². The Morgan fingerprint density at radius 3 is 3.12 bits per heavy atom. The first-order valence-electron chi connectivity index (χ1n) is 6.06. The van der Waals surface area contributed by atoms with E-state index in [0.29, 0.717) is 6.61 Å². The number of aliphatic hydroxyl groups excluding tert-OH is 1. The molecule has 4 heteroatoms. The van der Waals surface area contributed by atoms with Crippen molar-refractivity contribution in [2.45, 2.75) is 19.4 Å². The first-order valence-corrected chi connectivity index (χ1v) is 6.06. The molecule has 0 aromatic carbocycles. The Bertz CT molecular complexity index is 516. The smallest absolute Gasteiger partial charge is 0.137 e. The minimum Gasteiger partial charge on any atom is -0.396 e. The average Bonchev–Trinajstić information content (AvgIpc) is 3.04. The molecule has 3 rings (SSSR count). The fourth-order valence-electron chi connectivity index (χ4n) is 2.19. The van der Waals surface area contributed by atoms with Crippen LogP contribution in [0.15, 0.2) is 24.5 Å². The molecular formula is C13H17N3O. The van der Waals surface area contributed by atoms with Gasteiger partial charge in [0.25, 0.3) is 0 Å². The van der Waals surface area contributed by atoms with Crippen LogP contribution in [0.2, 0.25) is 0 Å². The van der Waals surface area contributed by atoms with E-state index in [0.717, 1.165) is 31.6 Å². The zero-order valence-corrected chi connectivity index (χ0v) is 9.74. The number of aromatic amines is 1. The number of nitrogens with one attached hydrogen (secondary N) is 2. The normalized spacial score (nSPS) is 17.5. The molecule has 0 aliphatic heterocycles. The van der Waals surface area contributed by atoms with Crippen LogP contribution in [-0.2, 0) is 6.54 Å². The van der Waals surface area contributed by atoms with Gasteiger partial charge in [-0.3, -0.25) is 0 Å². The lowest BCUT2D eigenvalue weighted by atomic mass is 10.1. The molecule has 1 aliphatic carbocycles. The topological polar surface area (TPSA) is 60.9 Å². The Hall–Kier alpha value is -1.39. The van der Waals surface area contributed by atoms with Gasteiger partial charge in [-0.25, -0.2) is 4.98 Å². The molecule has 0 amide bonds. The SMILES string of the molecule is OCC1(CNCc2c[nH]c3ncccc23)CC1. The van der Waals surface area contributed by atoms with Crippen LogP contribution in [0.4, 0.5) is 0 Å².